The van der Waals surface area contributed by atoms with Crippen molar-refractivity contribution in [3.8, 4) is 0 Å². The quantitative estimate of drug-likeness (QED) is 0.127. The molecule has 0 radical (unpaired) electrons. The third kappa shape index (κ3) is 12.3. The minimum absolute atomic E-state index is 0. The van der Waals surface area contributed by atoms with Gasteiger partial charge in [0.05, 0.1) is 102 Å². The largest absolute Gasteiger partial charge is 0.628 e. The molecule has 10 nitrogen and oxygen atoms in total. The molecule has 8 bridgehead atoms. The number of hydrogen-bond donors (Lipinski definition) is 0. The summed E-state index contributed by atoms with van der Waals surface area (Å²) in [5.41, 5.74) is 11.1. The number of hydrogen-bond acceptors (Lipinski definition) is 6. The van der Waals surface area contributed by atoms with Crippen molar-refractivity contribution >= 4 is 0 Å². The maximum absolute atomic E-state index is 5.33. The van der Waals surface area contributed by atoms with Gasteiger partial charge in [0.1, 0.15) is 0 Å². The third-order valence-electron chi connectivity index (χ3n) is 11.1. The molecule has 0 aliphatic carbocycles. The summed E-state index contributed by atoms with van der Waals surface area (Å²) >= 11 is 0. The van der Waals surface area contributed by atoms with E-state index >= 15 is 0 Å². The van der Waals surface area contributed by atoms with Crippen LogP contribution in [0.3, 0.4) is 0 Å². The Morgan fingerprint density at radius 2 is 0.373 bits per heavy atom. The first-order chi connectivity index (χ1) is 32.8. The van der Waals surface area contributed by atoms with E-state index in [4.69, 9.17) is 48.4 Å². The second-order valence-corrected chi connectivity index (χ2v) is 15.5. The SMILES string of the molecule is C1COCCOCCOCCOCCOCCO1.[Zn].c1ccc([C+]2c3ccc([n-]3)[C+](c3ccccc3)c3ccc([n-]3)[C+](c3ccccc3)c3ccc([n-]3)[C+](c3ccccc3)c3ccc2[n-]3)cc1. The number of nitrogens with zero attached hydrogens (tertiary/aromatic N) is 4. The van der Waals surface area contributed by atoms with Gasteiger partial charge < -0.3 is 48.4 Å². The molecule has 2 aliphatic rings. The van der Waals surface area contributed by atoms with Crippen LogP contribution in [0.1, 0.15) is 67.8 Å². The van der Waals surface area contributed by atoms with Crippen molar-refractivity contribution in [1.29, 1.82) is 0 Å². The first kappa shape index (κ1) is 47.4. The van der Waals surface area contributed by atoms with Gasteiger partial charge in [-0.3, -0.25) is 0 Å². The molecule has 2 aliphatic heterocycles. The van der Waals surface area contributed by atoms with E-state index in [1.807, 2.05) is 24.3 Å². The summed E-state index contributed by atoms with van der Waals surface area (Å²) in [4.78, 5) is 21.2. The van der Waals surface area contributed by atoms with E-state index < -0.39 is 0 Å². The minimum atomic E-state index is 0. The fourth-order valence-electron chi connectivity index (χ4n) is 8.01. The molecule has 4 aromatic heterocycles. The number of rotatable bonds is 4. The molecule has 11 heteroatoms. The average Bonchev–Trinajstić information content (AvgIpc) is 4.22. The predicted octanol–water partition coefficient (Wildman–Crippen LogP) is 8.00. The molecular weight excluding hydrogens is 890 g/mol. The molecule has 8 aromatic rings. The molecule has 1 fully saturated rings. The molecule has 334 valence electrons. The Morgan fingerprint density at radius 3 is 0.522 bits per heavy atom. The van der Waals surface area contributed by atoms with E-state index in [0.29, 0.717) is 79.3 Å². The summed E-state index contributed by atoms with van der Waals surface area (Å²) in [6, 6.07) is 58.4. The van der Waals surface area contributed by atoms with Crippen LogP contribution in [0.4, 0.5) is 0 Å². The second kappa shape index (κ2) is 24.6. The van der Waals surface area contributed by atoms with Crippen LogP contribution in [0.25, 0.3) is 0 Å². The number of fused-ring (bicyclic) bond motifs is 8. The molecule has 0 unspecified atom stereocenters. The summed E-state index contributed by atoms with van der Waals surface area (Å²) in [6.07, 6.45) is 0. The molecule has 67 heavy (non-hydrogen) atoms. The van der Waals surface area contributed by atoms with Crippen molar-refractivity contribution in [2.24, 2.45) is 0 Å². The number of ether oxygens (including phenoxy) is 6. The second-order valence-electron chi connectivity index (χ2n) is 15.5. The Hall–Kier alpha value is -6.14. The Labute approximate surface area is 406 Å². The van der Waals surface area contributed by atoms with Crippen molar-refractivity contribution in [1.82, 2.24) is 19.9 Å². The number of benzene rings is 4. The summed E-state index contributed by atoms with van der Waals surface area (Å²) in [6.45, 7) is 7.04. The molecule has 4 aromatic carbocycles. The zero-order chi connectivity index (χ0) is 44.6. The van der Waals surface area contributed by atoms with Gasteiger partial charge in [0.2, 0.25) is 0 Å². The maximum atomic E-state index is 5.33. The molecule has 0 N–H and O–H groups in total. The van der Waals surface area contributed by atoms with E-state index in [-0.39, 0.29) is 19.5 Å². The van der Waals surface area contributed by atoms with Crippen LogP contribution in [-0.2, 0) is 47.9 Å². The summed E-state index contributed by atoms with van der Waals surface area (Å²) in [5.74, 6) is 3.91. The predicted molar refractivity (Wildman–Crippen MR) is 252 cm³/mol. The van der Waals surface area contributed by atoms with Gasteiger partial charge in [-0.15, -0.1) is 0 Å². The van der Waals surface area contributed by atoms with Crippen LogP contribution in [0.2, 0.25) is 0 Å². The van der Waals surface area contributed by atoms with Gasteiger partial charge in [-0.1, -0.05) is 0 Å². The average molecular weight is 942 g/mol. The van der Waals surface area contributed by atoms with Gasteiger partial charge in [0.15, 0.2) is 0 Å². The molecule has 0 spiro atoms. The summed E-state index contributed by atoms with van der Waals surface area (Å²) < 4.78 is 32.0. The first-order valence-electron chi connectivity index (χ1n) is 22.5. The van der Waals surface area contributed by atoms with Crippen LogP contribution in [0.15, 0.2) is 170 Å². The molecule has 0 saturated carbocycles. The Balaban J connectivity index is 0.000000273. The fraction of sp³-hybridized carbons (Fsp3) is 0.214. The Bertz CT molecular complexity index is 2140. The molecule has 0 amide bonds. The smallest absolute Gasteiger partial charge is 0.0768 e. The zero-order valence-electron chi connectivity index (χ0n) is 37.6. The van der Waals surface area contributed by atoms with E-state index in [1.54, 1.807) is 0 Å². The van der Waals surface area contributed by atoms with Crippen LogP contribution in [0, 0.1) is 23.7 Å². The molecule has 0 atom stereocenters. The van der Waals surface area contributed by atoms with Gasteiger partial charge in [-0.25, -0.2) is 0 Å². The van der Waals surface area contributed by atoms with Crippen LogP contribution in [-0.4, -0.2) is 79.3 Å². The first-order valence-corrected chi connectivity index (χ1v) is 22.5. The maximum Gasteiger partial charge on any atom is 0.0768 e. The number of aromatic nitrogens is 4. The van der Waals surface area contributed by atoms with Crippen LogP contribution < -0.4 is 19.9 Å². The van der Waals surface area contributed by atoms with Gasteiger partial charge in [0, 0.05) is 140 Å². The van der Waals surface area contributed by atoms with Gasteiger partial charge in [-0.2, -0.15) is 0 Å². The van der Waals surface area contributed by atoms with Crippen molar-refractivity contribution in [2.75, 3.05) is 79.3 Å². The monoisotopic (exact) mass is 940 g/mol. The molecule has 6 heterocycles. The van der Waals surface area contributed by atoms with Gasteiger partial charge in [-0.05, 0) is 118 Å². The van der Waals surface area contributed by atoms with Crippen LogP contribution in [0.5, 0.6) is 0 Å². The van der Waals surface area contributed by atoms with Crippen molar-refractivity contribution in [3.05, 3.63) is 261 Å². The molecule has 10 rings (SSSR count). The molecular formula is C56H52N4O6Zn. The topological polar surface area (TPSA) is 112 Å². The molecule has 1 saturated heterocycles. The van der Waals surface area contributed by atoms with E-state index in [2.05, 4.69) is 146 Å². The van der Waals surface area contributed by atoms with Crippen LogP contribution >= 0.6 is 0 Å². The Morgan fingerprint density at radius 1 is 0.224 bits per heavy atom. The van der Waals surface area contributed by atoms with E-state index in [9.17, 15) is 0 Å². The van der Waals surface area contributed by atoms with E-state index in [0.717, 1.165) is 91.5 Å². The zero-order valence-corrected chi connectivity index (χ0v) is 40.6. The summed E-state index contributed by atoms with van der Waals surface area (Å²) in [7, 11) is 0. The third-order valence-corrected chi connectivity index (χ3v) is 11.1. The van der Waals surface area contributed by atoms with Crippen molar-refractivity contribution in [3.63, 3.8) is 0 Å². The Kier molecular flexibility index (Phi) is 17.4. The van der Waals surface area contributed by atoms with Crippen molar-refractivity contribution < 1.29 is 47.9 Å². The minimum Gasteiger partial charge on any atom is -0.628 e. The van der Waals surface area contributed by atoms with Gasteiger partial charge >= 0.3 is 0 Å². The van der Waals surface area contributed by atoms with E-state index in [1.165, 1.54) is 0 Å². The fourth-order valence-corrected chi connectivity index (χ4v) is 8.01. The van der Waals surface area contributed by atoms with Gasteiger partial charge in [0.25, 0.3) is 0 Å². The normalized spacial score (nSPS) is 15.6. The van der Waals surface area contributed by atoms with Crippen molar-refractivity contribution in [2.45, 2.75) is 0 Å². The summed E-state index contributed by atoms with van der Waals surface area (Å²) in [5, 5.41) is 0. The standard InChI is InChI=1S/C44H28N4.C12H24O6.Zn/c1-5-13-29(14-6-1)41-33-21-23-35(45-33)42(30-15-7-2-8-16-30)37-25-27-39(47-37)44(32-19-11-4-12-20-32)40-28-26-38(48-40)43(31-17-9-3-10-18-31)36-24-22-34(41)46-36;1-2-14-5-6-16-9-10-18-12-11-17-8-7-15-4-3-13-1;/h1-28H;1-12H2;.